The second kappa shape index (κ2) is 7.77. The van der Waals surface area contributed by atoms with E-state index in [4.69, 9.17) is 23.4 Å². The fourth-order valence-electron chi connectivity index (χ4n) is 3.75. The zero-order valence-corrected chi connectivity index (χ0v) is 17.3. The van der Waals surface area contributed by atoms with Gasteiger partial charge in [0.1, 0.15) is 22.6 Å². The van der Waals surface area contributed by atoms with Crippen molar-refractivity contribution in [2.45, 2.75) is 6.92 Å². The lowest BCUT2D eigenvalue weighted by molar-refractivity contribution is 0.0731. The van der Waals surface area contributed by atoms with Crippen LogP contribution in [0, 0.1) is 6.92 Å². The van der Waals surface area contributed by atoms with E-state index >= 15 is 0 Å². The van der Waals surface area contributed by atoms with Crippen LogP contribution >= 0.6 is 0 Å². The third-order valence-corrected chi connectivity index (χ3v) is 5.34. The van der Waals surface area contributed by atoms with Crippen molar-refractivity contribution in [2.75, 3.05) is 13.9 Å². The van der Waals surface area contributed by atoms with Crippen molar-refractivity contribution in [2.24, 2.45) is 0 Å². The van der Waals surface area contributed by atoms with Crippen molar-refractivity contribution < 1.29 is 28.2 Å². The molecular weight excluding hydrogens is 412 g/mol. The number of hydrogen-bond donors (Lipinski definition) is 0. The minimum atomic E-state index is -0.548. The standard InChI is InChI=1S/C25H18O7/c1-14-18-12-16(31-24(26)17-5-3-4-6-19(17)28-2)8-10-20(18)32-25(27)23(14)15-7-9-21-22(11-15)30-13-29-21/h3-12H,13H2,1-2H3. The number of para-hydroxylation sites is 1. The van der Waals surface area contributed by atoms with Crippen molar-refractivity contribution in [3.63, 3.8) is 0 Å². The highest BCUT2D eigenvalue weighted by Gasteiger charge is 2.20. The van der Waals surface area contributed by atoms with E-state index in [1.54, 1.807) is 60.7 Å². The Labute approximate surface area is 182 Å². The summed E-state index contributed by atoms with van der Waals surface area (Å²) in [6.07, 6.45) is 0. The molecule has 0 bridgehead atoms. The Hall–Kier alpha value is -4.26. The van der Waals surface area contributed by atoms with Crippen molar-refractivity contribution in [3.8, 4) is 34.1 Å². The molecule has 0 radical (unpaired) electrons. The van der Waals surface area contributed by atoms with Gasteiger partial charge in [0.2, 0.25) is 6.79 Å². The average Bonchev–Trinajstić information content (AvgIpc) is 3.27. The van der Waals surface area contributed by atoms with Crippen LogP contribution in [0.5, 0.6) is 23.0 Å². The fraction of sp³-hybridized carbons (Fsp3) is 0.120. The third-order valence-electron chi connectivity index (χ3n) is 5.34. The Bertz CT molecular complexity index is 1420. The number of aryl methyl sites for hydroxylation is 1. The van der Waals surface area contributed by atoms with Crippen LogP contribution in [-0.2, 0) is 0 Å². The maximum Gasteiger partial charge on any atom is 0.347 e. The second-order valence-corrected chi connectivity index (χ2v) is 7.21. The first-order chi connectivity index (χ1) is 15.5. The lowest BCUT2D eigenvalue weighted by atomic mass is 9.99. The lowest BCUT2D eigenvalue weighted by Gasteiger charge is -2.11. The number of fused-ring (bicyclic) bond motifs is 2. The number of hydrogen-bond acceptors (Lipinski definition) is 7. The van der Waals surface area contributed by atoms with Crippen LogP contribution < -0.4 is 24.6 Å². The largest absolute Gasteiger partial charge is 0.496 e. The summed E-state index contributed by atoms with van der Waals surface area (Å²) < 4.78 is 27.1. The van der Waals surface area contributed by atoms with Gasteiger partial charge in [0, 0.05) is 5.39 Å². The van der Waals surface area contributed by atoms with Crippen LogP contribution in [0.2, 0.25) is 0 Å². The van der Waals surface area contributed by atoms with Gasteiger partial charge in [-0.15, -0.1) is 0 Å². The van der Waals surface area contributed by atoms with Gasteiger partial charge in [-0.2, -0.15) is 0 Å². The highest BCUT2D eigenvalue weighted by atomic mass is 16.7. The molecule has 0 saturated heterocycles. The molecule has 0 unspecified atom stereocenters. The topological polar surface area (TPSA) is 84.2 Å². The first-order valence-electron chi connectivity index (χ1n) is 9.88. The molecule has 32 heavy (non-hydrogen) atoms. The molecule has 0 atom stereocenters. The second-order valence-electron chi connectivity index (χ2n) is 7.21. The monoisotopic (exact) mass is 430 g/mol. The van der Waals surface area contributed by atoms with Gasteiger partial charge in [0.25, 0.3) is 0 Å². The van der Waals surface area contributed by atoms with Crippen molar-refractivity contribution in [1.82, 2.24) is 0 Å². The molecular formula is C25H18O7. The highest BCUT2D eigenvalue weighted by Crippen LogP contribution is 2.37. The molecule has 7 heteroatoms. The normalized spacial score (nSPS) is 12.1. The van der Waals surface area contributed by atoms with E-state index in [2.05, 4.69) is 0 Å². The van der Waals surface area contributed by atoms with Gasteiger partial charge in [-0.25, -0.2) is 9.59 Å². The molecule has 0 fully saturated rings. The quantitative estimate of drug-likeness (QED) is 0.263. The van der Waals surface area contributed by atoms with Gasteiger partial charge in [0.05, 0.1) is 12.7 Å². The summed E-state index contributed by atoms with van der Waals surface area (Å²) in [5, 5.41) is 0.655. The van der Waals surface area contributed by atoms with Gasteiger partial charge in [-0.3, -0.25) is 0 Å². The Morgan fingerprint density at radius 2 is 1.78 bits per heavy atom. The molecule has 0 N–H and O–H groups in total. The van der Waals surface area contributed by atoms with Gasteiger partial charge >= 0.3 is 11.6 Å². The summed E-state index contributed by atoms with van der Waals surface area (Å²) in [6, 6.07) is 17.0. The summed E-state index contributed by atoms with van der Waals surface area (Å²) in [4.78, 5) is 25.4. The Morgan fingerprint density at radius 3 is 2.62 bits per heavy atom. The minimum Gasteiger partial charge on any atom is -0.496 e. The molecule has 0 saturated carbocycles. The minimum absolute atomic E-state index is 0.144. The maximum absolute atomic E-state index is 12.7. The molecule has 7 nitrogen and oxygen atoms in total. The number of benzene rings is 3. The van der Waals surface area contributed by atoms with Gasteiger partial charge in [-0.1, -0.05) is 18.2 Å². The fourth-order valence-corrected chi connectivity index (χ4v) is 3.75. The maximum atomic E-state index is 12.7. The molecule has 160 valence electrons. The molecule has 1 aliphatic rings. The number of methoxy groups -OCH3 is 1. The Balaban J connectivity index is 1.55. The average molecular weight is 430 g/mol. The predicted molar refractivity (Wildman–Crippen MR) is 117 cm³/mol. The summed E-state index contributed by atoms with van der Waals surface area (Å²) in [6.45, 7) is 1.97. The predicted octanol–water partition coefficient (Wildman–Crippen LogP) is 4.72. The molecule has 1 aromatic heterocycles. The number of ether oxygens (including phenoxy) is 4. The summed E-state index contributed by atoms with van der Waals surface area (Å²) >= 11 is 0. The molecule has 3 aromatic carbocycles. The van der Waals surface area contributed by atoms with E-state index in [1.165, 1.54) is 7.11 Å². The SMILES string of the molecule is COc1ccccc1C(=O)Oc1ccc2oc(=O)c(-c3ccc4c(c3)OCO4)c(C)c2c1. The molecule has 0 aliphatic carbocycles. The first-order valence-corrected chi connectivity index (χ1v) is 9.88. The number of esters is 1. The Kier molecular flexibility index (Phi) is 4.78. The number of carbonyl (C=O) groups is 1. The van der Waals surface area contributed by atoms with E-state index in [0.29, 0.717) is 56.2 Å². The van der Waals surface area contributed by atoms with Crippen LogP contribution in [0.1, 0.15) is 15.9 Å². The first kappa shape index (κ1) is 19.7. The van der Waals surface area contributed by atoms with E-state index in [-0.39, 0.29) is 6.79 Å². The zero-order chi connectivity index (χ0) is 22.2. The molecule has 0 amide bonds. The van der Waals surface area contributed by atoms with Crippen LogP contribution in [-0.4, -0.2) is 19.9 Å². The Morgan fingerprint density at radius 1 is 0.969 bits per heavy atom. The molecule has 1 aliphatic heterocycles. The van der Waals surface area contributed by atoms with E-state index < -0.39 is 11.6 Å². The zero-order valence-electron chi connectivity index (χ0n) is 17.3. The van der Waals surface area contributed by atoms with Crippen LogP contribution in [0.3, 0.4) is 0 Å². The van der Waals surface area contributed by atoms with Gasteiger partial charge < -0.3 is 23.4 Å². The summed E-state index contributed by atoms with van der Waals surface area (Å²) in [5.74, 6) is 1.39. The van der Waals surface area contributed by atoms with E-state index in [1.807, 2.05) is 6.92 Å². The smallest absolute Gasteiger partial charge is 0.347 e. The molecule has 4 aromatic rings. The number of carbonyl (C=O) groups excluding carboxylic acids is 1. The molecule has 2 heterocycles. The molecule has 0 spiro atoms. The third kappa shape index (κ3) is 3.33. The van der Waals surface area contributed by atoms with E-state index in [0.717, 1.165) is 0 Å². The van der Waals surface area contributed by atoms with Gasteiger partial charge in [-0.05, 0) is 60.5 Å². The highest BCUT2D eigenvalue weighted by molar-refractivity contribution is 5.95. The summed E-state index contributed by atoms with van der Waals surface area (Å²) in [7, 11) is 1.49. The van der Waals surface area contributed by atoms with Crippen LogP contribution in [0.4, 0.5) is 0 Å². The van der Waals surface area contributed by atoms with Crippen LogP contribution in [0.15, 0.2) is 69.9 Å². The summed E-state index contributed by atoms with van der Waals surface area (Å²) in [5.41, 5.74) is 2.00. The van der Waals surface area contributed by atoms with Crippen LogP contribution in [0.25, 0.3) is 22.1 Å². The van der Waals surface area contributed by atoms with E-state index in [9.17, 15) is 9.59 Å². The van der Waals surface area contributed by atoms with Crippen molar-refractivity contribution >= 4 is 16.9 Å². The molecule has 5 rings (SSSR count). The van der Waals surface area contributed by atoms with Crippen molar-refractivity contribution in [3.05, 3.63) is 82.2 Å². The number of rotatable bonds is 4. The van der Waals surface area contributed by atoms with Gasteiger partial charge in [0.15, 0.2) is 11.5 Å². The lowest BCUT2D eigenvalue weighted by Crippen LogP contribution is -2.10. The van der Waals surface area contributed by atoms with Crippen molar-refractivity contribution in [1.29, 1.82) is 0 Å².